The number of nitrogens with one attached hydrogen (secondary N) is 3. The van der Waals surface area contributed by atoms with Gasteiger partial charge in [0.1, 0.15) is 16.6 Å². The fraction of sp³-hybridized carbons (Fsp3) is 0.294. The Labute approximate surface area is 307 Å². The Morgan fingerprint density at radius 1 is 0.849 bits per heavy atom. The van der Waals surface area contributed by atoms with E-state index in [1.165, 1.54) is 32.4 Å². The summed E-state index contributed by atoms with van der Waals surface area (Å²) < 4.78 is 40.6. The molecule has 16 nitrogen and oxygen atoms in total. The number of hydrogen-bond acceptors (Lipinski definition) is 12. The van der Waals surface area contributed by atoms with Gasteiger partial charge in [0.05, 0.1) is 40.0 Å². The summed E-state index contributed by atoms with van der Waals surface area (Å²) >= 11 is 1.02. The lowest BCUT2D eigenvalue weighted by atomic mass is 10.0. The third-order valence-electron chi connectivity index (χ3n) is 7.19. The molecule has 2 aromatic carbocycles. The maximum atomic E-state index is 15.1. The van der Waals surface area contributed by atoms with Crippen LogP contribution in [0.5, 0.6) is 5.88 Å². The monoisotopic (exact) mass is 756 g/mol. The molecule has 0 aliphatic heterocycles. The van der Waals surface area contributed by atoms with E-state index in [0.29, 0.717) is 27.5 Å². The molecule has 0 spiro atoms. The SMILES string of the molecule is CCCOC(=O)N(Cc1c(F)cccc1F)c1sc(-c2ccc(NC(=O)N(OC)C(=O)NOC)cc2)c(CN(C)C)c1C(=O)Nc1ccc(OC)nn1. The Morgan fingerprint density at radius 2 is 1.55 bits per heavy atom. The average Bonchev–Trinajstić information content (AvgIpc) is 3.49. The molecule has 4 aromatic rings. The topological polar surface area (TPSA) is 177 Å². The molecule has 0 unspecified atom stereocenters. The van der Waals surface area contributed by atoms with E-state index in [1.807, 2.05) is 5.48 Å². The summed E-state index contributed by atoms with van der Waals surface area (Å²) in [6.07, 6.45) is -0.476. The number of carbonyl (C=O) groups excluding carboxylic acids is 4. The van der Waals surface area contributed by atoms with Crippen LogP contribution in [0, 0.1) is 11.6 Å². The molecular formula is C34H38F2N8O8S. The first-order valence-electron chi connectivity index (χ1n) is 15.9. The fourth-order valence-corrected chi connectivity index (χ4v) is 6.15. The largest absolute Gasteiger partial charge is 0.480 e. The van der Waals surface area contributed by atoms with E-state index >= 15 is 8.78 Å². The molecule has 0 radical (unpaired) electrons. The summed E-state index contributed by atoms with van der Waals surface area (Å²) in [7, 11) is 7.28. The van der Waals surface area contributed by atoms with Crippen molar-refractivity contribution in [2.24, 2.45) is 0 Å². The van der Waals surface area contributed by atoms with Crippen LogP contribution in [0.25, 0.3) is 10.4 Å². The Bertz CT molecular complexity index is 1890. The molecule has 4 rings (SSSR count). The number of halogens is 2. The van der Waals surface area contributed by atoms with E-state index in [4.69, 9.17) is 14.3 Å². The molecule has 0 bridgehead atoms. The molecule has 0 aliphatic carbocycles. The molecule has 6 amide bonds. The zero-order chi connectivity index (χ0) is 38.7. The number of urea groups is 2. The van der Waals surface area contributed by atoms with Crippen molar-refractivity contribution in [2.45, 2.75) is 26.4 Å². The van der Waals surface area contributed by atoms with E-state index in [1.54, 1.807) is 50.2 Å². The van der Waals surface area contributed by atoms with Crippen LogP contribution >= 0.6 is 11.3 Å². The van der Waals surface area contributed by atoms with Crippen LogP contribution in [0.4, 0.5) is 39.7 Å². The summed E-state index contributed by atoms with van der Waals surface area (Å²) in [5.74, 6) is -2.21. The Morgan fingerprint density at radius 3 is 2.11 bits per heavy atom. The van der Waals surface area contributed by atoms with E-state index in [9.17, 15) is 19.2 Å². The van der Waals surface area contributed by atoms with Crippen LogP contribution in [0.3, 0.4) is 0 Å². The number of rotatable bonds is 14. The van der Waals surface area contributed by atoms with Crippen molar-refractivity contribution in [1.82, 2.24) is 25.6 Å². The molecule has 0 fully saturated rings. The molecule has 0 atom stereocenters. The predicted molar refractivity (Wildman–Crippen MR) is 191 cm³/mol. The molecule has 3 N–H and O–H groups in total. The minimum atomic E-state index is -0.979. The molecule has 2 heterocycles. The summed E-state index contributed by atoms with van der Waals surface area (Å²) in [5, 5.41) is 13.6. The second-order valence-corrected chi connectivity index (χ2v) is 12.2. The van der Waals surface area contributed by atoms with Crippen LogP contribution in [0.15, 0.2) is 54.6 Å². The third-order valence-corrected chi connectivity index (χ3v) is 8.50. The maximum absolute atomic E-state index is 15.1. The Balaban J connectivity index is 1.87. The van der Waals surface area contributed by atoms with Gasteiger partial charge in [-0.05, 0) is 62.0 Å². The van der Waals surface area contributed by atoms with E-state index in [-0.39, 0.29) is 41.1 Å². The first-order valence-corrected chi connectivity index (χ1v) is 16.7. The number of benzene rings is 2. The van der Waals surface area contributed by atoms with Gasteiger partial charge in [-0.25, -0.2) is 28.6 Å². The molecule has 0 aliphatic rings. The highest BCUT2D eigenvalue weighted by Crippen LogP contribution is 2.44. The van der Waals surface area contributed by atoms with Gasteiger partial charge in [-0.1, -0.05) is 25.1 Å². The number of nitrogens with zero attached hydrogens (tertiary/aromatic N) is 5. The summed E-state index contributed by atoms with van der Waals surface area (Å²) in [4.78, 5) is 65.5. The second-order valence-electron chi connectivity index (χ2n) is 11.2. The van der Waals surface area contributed by atoms with Crippen molar-refractivity contribution in [2.75, 3.05) is 57.6 Å². The van der Waals surface area contributed by atoms with Crippen molar-refractivity contribution in [3.63, 3.8) is 0 Å². The number of hydroxylamine groups is 3. The number of amides is 6. The number of hydrogen-bond donors (Lipinski definition) is 3. The van der Waals surface area contributed by atoms with Gasteiger partial charge < -0.3 is 25.0 Å². The number of imide groups is 1. The van der Waals surface area contributed by atoms with Gasteiger partial charge in [-0.3, -0.25) is 19.4 Å². The fourth-order valence-electron chi connectivity index (χ4n) is 4.84. The Hall–Kier alpha value is -5.76. The molecular weight excluding hydrogens is 718 g/mol. The lowest BCUT2D eigenvalue weighted by Crippen LogP contribution is -2.44. The molecule has 0 saturated heterocycles. The van der Waals surface area contributed by atoms with Gasteiger partial charge in [0.2, 0.25) is 5.88 Å². The van der Waals surface area contributed by atoms with E-state index < -0.39 is 47.8 Å². The normalized spacial score (nSPS) is 10.8. The quantitative estimate of drug-likeness (QED) is 0.128. The van der Waals surface area contributed by atoms with Crippen LogP contribution in [0.2, 0.25) is 0 Å². The van der Waals surface area contributed by atoms with Crippen LogP contribution in [-0.2, 0) is 27.5 Å². The summed E-state index contributed by atoms with van der Waals surface area (Å²) in [6.45, 7) is 1.35. The molecule has 19 heteroatoms. The number of aromatic nitrogens is 2. The highest BCUT2D eigenvalue weighted by atomic mass is 32.1. The smallest absolute Gasteiger partial charge is 0.415 e. The zero-order valence-electron chi connectivity index (χ0n) is 29.7. The van der Waals surface area contributed by atoms with Crippen LogP contribution in [-0.4, -0.2) is 86.3 Å². The van der Waals surface area contributed by atoms with Crippen LogP contribution < -0.4 is 25.8 Å². The van der Waals surface area contributed by atoms with E-state index in [0.717, 1.165) is 35.5 Å². The molecule has 0 saturated carbocycles. The van der Waals surface area contributed by atoms with Gasteiger partial charge in [0.15, 0.2) is 5.82 Å². The minimum Gasteiger partial charge on any atom is -0.480 e. The maximum Gasteiger partial charge on any atom is 0.415 e. The van der Waals surface area contributed by atoms with Crippen molar-refractivity contribution in [1.29, 1.82) is 0 Å². The molecule has 2 aromatic heterocycles. The standard InChI is InChI=1S/C34H38F2N8O8S/c1-7-17-52-34(48)43(19-22-24(35)9-8-10-25(22)36)31-28(30(45)38-26-15-16-27(49-4)40-39-26)23(18-42(2)3)29(53-31)20-11-13-21(14-12-20)37-32(46)44(51-6)33(47)41-50-5/h8-16H,7,17-19H2,1-6H3,(H,37,46)(H,41,47)(H,38,39,45). The Kier molecular flexibility index (Phi) is 14.1. The number of thiophene rings is 1. The van der Waals surface area contributed by atoms with Crippen molar-refractivity contribution < 1.29 is 47.1 Å². The van der Waals surface area contributed by atoms with Crippen molar-refractivity contribution in [3.8, 4) is 16.3 Å². The minimum absolute atomic E-state index is 0.00164. The van der Waals surface area contributed by atoms with Gasteiger partial charge in [0.25, 0.3) is 5.91 Å². The van der Waals surface area contributed by atoms with Gasteiger partial charge in [-0.2, -0.15) is 0 Å². The molecule has 53 heavy (non-hydrogen) atoms. The van der Waals surface area contributed by atoms with Crippen molar-refractivity contribution in [3.05, 3.63) is 82.9 Å². The predicted octanol–water partition coefficient (Wildman–Crippen LogP) is 6.03. The van der Waals surface area contributed by atoms with Gasteiger partial charge in [0, 0.05) is 28.7 Å². The number of methoxy groups -OCH3 is 1. The highest BCUT2D eigenvalue weighted by Gasteiger charge is 2.33. The first-order chi connectivity index (χ1) is 25.4. The number of anilines is 3. The van der Waals surface area contributed by atoms with E-state index in [2.05, 4.69) is 25.7 Å². The lowest BCUT2D eigenvalue weighted by Gasteiger charge is -2.23. The zero-order valence-corrected chi connectivity index (χ0v) is 30.5. The third kappa shape index (κ3) is 9.98. The van der Waals surface area contributed by atoms with Gasteiger partial charge in [-0.15, -0.1) is 26.6 Å². The average molecular weight is 757 g/mol. The first kappa shape index (κ1) is 40.0. The summed E-state index contributed by atoms with van der Waals surface area (Å²) in [5.41, 5.74) is 2.85. The number of ether oxygens (including phenoxy) is 2. The summed E-state index contributed by atoms with van der Waals surface area (Å²) in [6, 6.07) is 10.8. The highest BCUT2D eigenvalue weighted by molar-refractivity contribution is 7.20. The second kappa shape index (κ2) is 18.6. The van der Waals surface area contributed by atoms with Crippen molar-refractivity contribution >= 4 is 51.9 Å². The number of carbonyl (C=O) groups is 4. The van der Waals surface area contributed by atoms with Gasteiger partial charge >= 0.3 is 18.2 Å². The molecule has 282 valence electrons. The lowest BCUT2D eigenvalue weighted by molar-refractivity contribution is -0.0562. The van der Waals surface area contributed by atoms with Crippen LogP contribution in [0.1, 0.15) is 34.8 Å².